The quantitative estimate of drug-likeness (QED) is 0.0119. The fourth-order valence-electron chi connectivity index (χ4n) is 6.75. The third kappa shape index (κ3) is 28.9. The van der Waals surface area contributed by atoms with Crippen LogP contribution in [0.4, 0.5) is 5.82 Å². The summed E-state index contributed by atoms with van der Waals surface area (Å²) in [6, 6.07) is 1.23. The molecule has 2 heterocycles. The number of phosphoric acid groups is 2. The number of anilines is 1. The molecule has 0 radical (unpaired) electrons. The molecule has 0 aliphatic carbocycles. The first-order valence-electron chi connectivity index (χ1n) is 24.5. The van der Waals surface area contributed by atoms with Crippen LogP contribution in [0, 0.1) is 5.92 Å². The van der Waals surface area contributed by atoms with E-state index in [1.807, 2.05) is 12.2 Å². The fraction of sp³-hybridized carbons (Fsp3) is 0.633. The van der Waals surface area contributed by atoms with Crippen LogP contribution in [0.25, 0.3) is 0 Å². The van der Waals surface area contributed by atoms with E-state index in [1.54, 1.807) is 12.2 Å². The Hall–Kier alpha value is -3.84. The summed E-state index contributed by atoms with van der Waals surface area (Å²) in [5.41, 5.74) is 4.56. The first-order valence-corrected chi connectivity index (χ1v) is 27.4. The Morgan fingerprint density at radius 2 is 1.37 bits per heavy atom. The number of nitrogens with zero attached hydrogens (tertiary/aromatic N) is 2. The lowest BCUT2D eigenvalue weighted by Gasteiger charge is -2.21. The van der Waals surface area contributed by atoms with Crippen molar-refractivity contribution in [1.29, 1.82) is 0 Å². The number of carbonyl (C=O) groups excluding carboxylic acids is 2. The highest BCUT2D eigenvalue weighted by atomic mass is 31.3. The molecule has 1 aromatic rings. The highest BCUT2D eigenvalue weighted by Gasteiger charge is 2.46. The van der Waals surface area contributed by atoms with E-state index in [4.69, 9.17) is 29.0 Å². The van der Waals surface area contributed by atoms with Crippen molar-refractivity contribution in [3.63, 3.8) is 0 Å². The van der Waals surface area contributed by atoms with Crippen molar-refractivity contribution in [2.45, 2.75) is 173 Å². The lowest BCUT2D eigenvalue weighted by Crippen LogP contribution is -2.36. The first-order chi connectivity index (χ1) is 33.5. The van der Waals surface area contributed by atoms with E-state index in [2.05, 4.69) is 72.6 Å². The molecule has 0 aromatic carbocycles. The number of allylic oxidation sites excluding steroid dienone is 11. The number of carbonyl (C=O) groups is 2. The molecule has 4 unspecified atom stereocenters. The van der Waals surface area contributed by atoms with Crippen LogP contribution in [-0.4, -0.2) is 96.9 Å². The van der Waals surface area contributed by atoms with Crippen molar-refractivity contribution in [1.82, 2.24) is 9.55 Å². The second kappa shape index (κ2) is 36.1. The second-order valence-corrected chi connectivity index (χ2v) is 20.1. The van der Waals surface area contributed by atoms with Gasteiger partial charge in [-0.3, -0.25) is 23.2 Å². The maximum Gasteiger partial charge on any atom is 0.481 e. The molecule has 2 rings (SSSR count). The van der Waals surface area contributed by atoms with Gasteiger partial charge in [-0.1, -0.05) is 151 Å². The van der Waals surface area contributed by atoms with Gasteiger partial charge in [-0.05, 0) is 56.9 Å². The molecule has 0 bridgehead atoms. The summed E-state index contributed by atoms with van der Waals surface area (Å²) in [4.78, 5) is 61.8. The van der Waals surface area contributed by atoms with Crippen LogP contribution in [-0.2, 0) is 46.3 Å². The number of aliphatic hydroxyl groups is 3. The molecular weight excluding hydrogens is 948 g/mol. The van der Waals surface area contributed by atoms with Gasteiger partial charge in [-0.15, -0.1) is 0 Å². The van der Waals surface area contributed by atoms with Gasteiger partial charge in [0.15, 0.2) is 12.3 Å². The molecule has 9 atom stereocenters. The maximum atomic E-state index is 12.9. The molecular formula is C49H79N3O16P2. The first kappa shape index (κ1) is 62.3. The van der Waals surface area contributed by atoms with Crippen LogP contribution >= 0.6 is 15.6 Å². The maximum absolute atomic E-state index is 12.9. The third-order valence-electron chi connectivity index (χ3n) is 11.0. The minimum atomic E-state index is -5.48. The molecule has 1 saturated heterocycles. The van der Waals surface area contributed by atoms with Crippen LogP contribution < -0.4 is 11.4 Å². The summed E-state index contributed by atoms with van der Waals surface area (Å²) in [5, 5.41) is 31.3. The summed E-state index contributed by atoms with van der Waals surface area (Å²) < 4.78 is 56.5. The van der Waals surface area contributed by atoms with Crippen LogP contribution in [0.15, 0.2) is 90.0 Å². The van der Waals surface area contributed by atoms with E-state index >= 15 is 0 Å². The molecule has 1 fully saturated rings. The molecule has 21 heteroatoms. The van der Waals surface area contributed by atoms with Crippen LogP contribution in [0.1, 0.15) is 143 Å². The molecule has 19 nitrogen and oxygen atoms in total. The van der Waals surface area contributed by atoms with Crippen molar-refractivity contribution < 1.29 is 71.4 Å². The minimum absolute atomic E-state index is 0.0527. The fourth-order valence-corrected chi connectivity index (χ4v) is 8.86. The van der Waals surface area contributed by atoms with Gasteiger partial charge < -0.3 is 45.1 Å². The van der Waals surface area contributed by atoms with Gasteiger partial charge in [-0.25, -0.2) is 13.9 Å². The highest BCUT2D eigenvalue weighted by Crippen LogP contribution is 2.60. The number of hydrogen-bond donors (Lipinski definition) is 6. The van der Waals surface area contributed by atoms with Crippen LogP contribution in [0.5, 0.6) is 0 Å². The molecule has 0 saturated carbocycles. The Balaban J connectivity index is 1.89. The smallest absolute Gasteiger partial charge is 0.462 e. The van der Waals surface area contributed by atoms with Crippen LogP contribution in [0.3, 0.4) is 0 Å². The number of esters is 2. The second-order valence-electron chi connectivity index (χ2n) is 17.0. The van der Waals surface area contributed by atoms with Crippen molar-refractivity contribution in [2.75, 3.05) is 25.6 Å². The number of aliphatic hydroxyl groups excluding tert-OH is 3. The van der Waals surface area contributed by atoms with Gasteiger partial charge in [0.05, 0.1) is 19.3 Å². The number of aromatic nitrogens is 2. The molecule has 1 aliphatic heterocycles. The van der Waals surface area contributed by atoms with E-state index < -0.39 is 89.8 Å². The molecule has 1 aromatic heterocycles. The SMILES string of the molecule is CC/C=C\C/C=C\C/C=C\C/C=C\C/C=C\C=C/C(O)CCC(=O)O[C@H](COC(=O)CCCCCCCCCCC(C)CC)COP(=O)(O)OP(=O)(O)OC[C@H]1O[C@@H](n2ccc(N)nc2=O)[C@H](O)[C@@H]1O. The standard InChI is InChI=1S/C49H79N3O16P2/c1-4-6-7-8-9-10-11-12-13-14-15-16-17-21-24-27-30-40(53)32-33-45(55)66-41(36-63-44(54)31-28-25-22-19-18-20-23-26-29-39(3)5-2)37-64-69(59,60)68-70(61,62)65-38-42-46(56)47(57)48(67-42)52-35-34-43(50)51-49(52)58/h6-7,9-10,12-13,15-16,21,24,27,30,34-35,39-42,46-48,53,56-57H,4-5,8,11,14,17-20,22-23,25-26,28-29,31-33,36-38H2,1-3H3,(H,59,60)(H,61,62)(H2,50,51,58)/b7-6-,10-9-,13-12-,16-15-,24-21-,30-27-/t39?,40?,41-,42-,46-,47-,48-/m1/s1. The Labute approximate surface area is 413 Å². The number of unbranched alkanes of at least 4 members (excludes halogenated alkanes) is 7. The van der Waals surface area contributed by atoms with Crippen molar-refractivity contribution in [2.24, 2.45) is 5.92 Å². The lowest BCUT2D eigenvalue weighted by molar-refractivity contribution is -0.161. The molecule has 396 valence electrons. The van der Waals surface area contributed by atoms with Gasteiger partial charge in [0.2, 0.25) is 0 Å². The Kier molecular flexibility index (Phi) is 32.1. The van der Waals surface area contributed by atoms with E-state index in [-0.39, 0.29) is 25.1 Å². The number of rotatable bonds is 38. The third-order valence-corrected chi connectivity index (χ3v) is 13.6. The van der Waals surface area contributed by atoms with Crippen LogP contribution in [0.2, 0.25) is 0 Å². The molecule has 7 N–H and O–H groups in total. The van der Waals surface area contributed by atoms with Gasteiger partial charge in [0.25, 0.3) is 0 Å². The van der Waals surface area contributed by atoms with Gasteiger partial charge in [-0.2, -0.15) is 9.29 Å². The van der Waals surface area contributed by atoms with Gasteiger partial charge in [0, 0.05) is 19.0 Å². The molecule has 1 aliphatic rings. The van der Waals surface area contributed by atoms with Crippen molar-refractivity contribution >= 4 is 33.4 Å². The highest BCUT2D eigenvalue weighted by molar-refractivity contribution is 7.61. The molecule has 0 amide bonds. The minimum Gasteiger partial charge on any atom is -0.462 e. The zero-order valence-electron chi connectivity index (χ0n) is 41.1. The Morgan fingerprint density at radius 1 is 0.786 bits per heavy atom. The van der Waals surface area contributed by atoms with Crippen molar-refractivity contribution in [3.05, 3.63) is 95.7 Å². The lowest BCUT2D eigenvalue weighted by atomic mass is 9.99. The number of phosphoric ester groups is 2. The zero-order valence-corrected chi connectivity index (χ0v) is 42.9. The predicted octanol–water partition coefficient (Wildman–Crippen LogP) is 8.55. The average Bonchev–Trinajstić information content (AvgIpc) is 3.59. The van der Waals surface area contributed by atoms with Crippen molar-refractivity contribution in [3.8, 4) is 0 Å². The Bertz CT molecular complexity index is 1990. The zero-order chi connectivity index (χ0) is 51.6. The average molecular weight is 1030 g/mol. The van der Waals surface area contributed by atoms with E-state index in [0.29, 0.717) is 12.8 Å². The summed E-state index contributed by atoms with van der Waals surface area (Å²) in [6.45, 7) is 4.06. The summed E-state index contributed by atoms with van der Waals surface area (Å²) >= 11 is 0. The van der Waals surface area contributed by atoms with E-state index in [0.717, 1.165) is 68.0 Å². The predicted molar refractivity (Wildman–Crippen MR) is 267 cm³/mol. The monoisotopic (exact) mass is 1030 g/mol. The summed E-state index contributed by atoms with van der Waals surface area (Å²) in [6.07, 6.45) is 30.5. The number of nitrogens with two attached hydrogens (primary N) is 1. The Morgan fingerprint density at radius 3 is 1.99 bits per heavy atom. The van der Waals surface area contributed by atoms with Gasteiger partial charge >= 0.3 is 33.3 Å². The van der Waals surface area contributed by atoms with E-state index in [9.17, 15) is 48.6 Å². The normalized spacial score (nSPS) is 20.8. The number of nitrogen functional groups attached to an aromatic ring is 1. The molecule has 0 spiro atoms. The summed E-state index contributed by atoms with van der Waals surface area (Å²) in [7, 11) is -11.0. The van der Waals surface area contributed by atoms with E-state index in [1.165, 1.54) is 44.2 Å². The number of ether oxygens (including phenoxy) is 3. The summed E-state index contributed by atoms with van der Waals surface area (Å²) in [5.74, 6) is -0.843. The molecule has 70 heavy (non-hydrogen) atoms. The largest absolute Gasteiger partial charge is 0.481 e. The number of hydrogen-bond acceptors (Lipinski definition) is 16. The topological polar surface area (TPSA) is 286 Å². The van der Waals surface area contributed by atoms with Gasteiger partial charge in [0.1, 0.15) is 30.7 Å².